The van der Waals surface area contributed by atoms with E-state index in [1.165, 1.54) is 0 Å². The minimum absolute atomic E-state index is 0.255. The van der Waals surface area contributed by atoms with Crippen molar-refractivity contribution in [1.29, 1.82) is 0 Å². The summed E-state index contributed by atoms with van der Waals surface area (Å²) in [6.45, 7) is 4.32. The number of anilines is 3. The maximum absolute atomic E-state index is 5.74. The summed E-state index contributed by atoms with van der Waals surface area (Å²) in [6, 6.07) is 0.301. The fourth-order valence-corrected chi connectivity index (χ4v) is 1.95. The molecule has 1 aliphatic heterocycles. The fourth-order valence-electron chi connectivity index (χ4n) is 1.95. The molecule has 0 aromatic carbocycles. The average Bonchev–Trinajstić information content (AvgIpc) is 2.38. The Labute approximate surface area is 107 Å². The molecule has 100 valence electrons. The van der Waals surface area contributed by atoms with Crippen LogP contribution in [0.3, 0.4) is 0 Å². The predicted molar refractivity (Wildman–Crippen MR) is 70.8 cm³/mol. The summed E-state index contributed by atoms with van der Waals surface area (Å²) in [5, 5.41) is 0. The number of nitrogens with zero attached hydrogens (tertiary/aromatic N) is 5. The van der Waals surface area contributed by atoms with Gasteiger partial charge in [0.15, 0.2) is 0 Å². The highest BCUT2D eigenvalue weighted by molar-refractivity contribution is 5.43. The lowest BCUT2D eigenvalue weighted by Gasteiger charge is -2.35. The minimum atomic E-state index is 0.255. The molecule has 1 fully saturated rings. The van der Waals surface area contributed by atoms with Crippen molar-refractivity contribution >= 4 is 17.8 Å². The normalized spacial score (nSPS) is 19.9. The smallest absolute Gasteiger partial charge is 0.232 e. The van der Waals surface area contributed by atoms with Crippen LogP contribution in [0.2, 0.25) is 0 Å². The Morgan fingerprint density at radius 3 is 2.83 bits per heavy atom. The Morgan fingerprint density at radius 2 is 2.17 bits per heavy atom. The first-order valence-electron chi connectivity index (χ1n) is 6.15. The van der Waals surface area contributed by atoms with E-state index >= 15 is 0 Å². The highest BCUT2D eigenvalue weighted by Crippen LogP contribution is 2.19. The molecule has 2 rings (SSSR count). The molecule has 0 radical (unpaired) electrons. The number of nitrogens with two attached hydrogens (primary N) is 1. The van der Waals surface area contributed by atoms with Gasteiger partial charge in [0.05, 0.1) is 19.3 Å². The Balaban J connectivity index is 2.30. The molecule has 7 heteroatoms. The van der Waals surface area contributed by atoms with Crippen molar-refractivity contribution in [3.8, 4) is 0 Å². The van der Waals surface area contributed by atoms with E-state index in [2.05, 4.69) is 26.8 Å². The van der Waals surface area contributed by atoms with E-state index in [1.54, 1.807) is 0 Å². The van der Waals surface area contributed by atoms with Crippen LogP contribution in [0.15, 0.2) is 0 Å². The number of ether oxygens (including phenoxy) is 1. The van der Waals surface area contributed by atoms with Gasteiger partial charge in [-0.2, -0.15) is 15.0 Å². The Kier molecular flexibility index (Phi) is 3.81. The molecule has 2 N–H and O–H groups in total. The summed E-state index contributed by atoms with van der Waals surface area (Å²) < 4.78 is 5.48. The summed E-state index contributed by atoms with van der Waals surface area (Å²) in [7, 11) is 3.77. The minimum Gasteiger partial charge on any atom is -0.377 e. The van der Waals surface area contributed by atoms with Crippen LogP contribution in [0, 0.1) is 0 Å². The van der Waals surface area contributed by atoms with Crippen LogP contribution in [0.5, 0.6) is 0 Å². The van der Waals surface area contributed by atoms with Crippen molar-refractivity contribution in [2.24, 2.45) is 0 Å². The molecule has 1 aromatic heterocycles. The fraction of sp³-hybridized carbons (Fsp3) is 0.727. The number of morpholine rings is 1. The van der Waals surface area contributed by atoms with Crippen LogP contribution in [0.4, 0.5) is 17.8 Å². The van der Waals surface area contributed by atoms with Crippen molar-refractivity contribution in [3.63, 3.8) is 0 Å². The van der Waals surface area contributed by atoms with Crippen LogP contribution in [0.1, 0.15) is 13.3 Å². The van der Waals surface area contributed by atoms with E-state index in [1.807, 2.05) is 19.0 Å². The van der Waals surface area contributed by atoms with E-state index in [-0.39, 0.29) is 5.95 Å². The van der Waals surface area contributed by atoms with Crippen LogP contribution < -0.4 is 15.5 Å². The molecule has 0 amide bonds. The average molecular weight is 252 g/mol. The SMILES string of the molecule is CCC1COCCN1c1nc(N)nc(N(C)C)n1. The molecule has 7 nitrogen and oxygen atoms in total. The van der Waals surface area contributed by atoms with Gasteiger partial charge in [-0.3, -0.25) is 0 Å². The first-order valence-corrected chi connectivity index (χ1v) is 6.15. The highest BCUT2D eigenvalue weighted by atomic mass is 16.5. The predicted octanol–water partition coefficient (Wildman–Crippen LogP) is 0.135. The van der Waals surface area contributed by atoms with E-state index < -0.39 is 0 Å². The number of nitrogen functional groups attached to an aromatic ring is 1. The van der Waals surface area contributed by atoms with Crippen molar-refractivity contribution < 1.29 is 4.74 Å². The Bertz CT molecular complexity index is 411. The molecule has 0 aliphatic carbocycles. The molecular weight excluding hydrogens is 232 g/mol. The third-order valence-corrected chi connectivity index (χ3v) is 2.98. The van der Waals surface area contributed by atoms with E-state index in [0.29, 0.717) is 31.2 Å². The number of hydrogen-bond acceptors (Lipinski definition) is 7. The molecular formula is C11H20N6O. The number of hydrogen-bond donors (Lipinski definition) is 1. The molecule has 0 bridgehead atoms. The van der Waals surface area contributed by atoms with Crippen molar-refractivity contribution in [2.75, 3.05) is 49.4 Å². The maximum Gasteiger partial charge on any atom is 0.232 e. The van der Waals surface area contributed by atoms with Crippen LogP contribution in [0.25, 0.3) is 0 Å². The zero-order valence-corrected chi connectivity index (χ0v) is 11.1. The van der Waals surface area contributed by atoms with Crippen LogP contribution in [-0.2, 0) is 4.74 Å². The molecule has 0 spiro atoms. The van der Waals surface area contributed by atoms with Crippen LogP contribution in [-0.4, -0.2) is 54.8 Å². The molecule has 1 atom stereocenters. The van der Waals surface area contributed by atoms with Gasteiger partial charge in [0.1, 0.15) is 0 Å². The highest BCUT2D eigenvalue weighted by Gasteiger charge is 2.24. The van der Waals surface area contributed by atoms with Gasteiger partial charge in [-0.25, -0.2) is 0 Å². The Morgan fingerprint density at radius 1 is 1.39 bits per heavy atom. The number of aromatic nitrogens is 3. The van der Waals surface area contributed by atoms with E-state index in [0.717, 1.165) is 13.0 Å². The summed E-state index contributed by atoms with van der Waals surface area (Å²) in [5.74, 6) is 1.48. The molecule has 18 heavy (non-hydrogen) atoms. The molecule has 0 saturated carbocycles. The molecule has 1 unspecified atom stereocenters. The van der Waals surface area contributed by atoms with Gasteiger partial charge in [0.25, 0.3) is 0 Å². The van der Waals surface area contributed by atoms with Gasteiger partial charge >= 0.3 is 0 Å². The summed E-state index contributed by atoms with van der Waals surface area (Å²) >= 11 is 0. The second-order valence-electron chi connectivity index (χ2n) is 4.52. The molecule has 1 saturated heterocycles. The van der Waals surface area contributed by atoms with Crippen molar-refractivity contribution in [2.45, 2.75) is 19.4 Å². The second-order valence-corrected chi connectivity index (χ2v) is 4.52. The van der Waals surface area contributed by atoms with Gasteiger partial charge in [0.2, 0.25) is 17.8 Å². The summed E-state index contributed by atoms with van der Waals surface area (Å²) in [6.07, 6.45) is 0.989. The summed E-state index contributed by atoms with van der Waals surface area (Å²) in [5.41, 5.74) is 5.74. The first kappa shape index (κ1) is 12.8. The molecule has 1 aromatic rings. The Hall–Kier alpha value is -1.63. The van der Waals surface area contributed by atoms with Gasteiger partial charge < -0.3 is 20.3 Å². The standard InChI is InChI=1S/C11H20N6O/c1-4-8-7-18-6-5-17(8)11-14-9(12)13-10(15-11)16(2)3/h8H,4-7H2,1-3H3,(H2,12,13,14,15). The first-order chi connectivity index (χ1) is 8.61. The molecule has 1 aliphatic rings. The maximum atomic E-state index is 5.74. The number of rotatable bonds is 3. The monoisotopic (exact) mass is 252 g/mol. The zero-order chi connectivity index (χ0) is 13.1. The van der Waals surface area contributed by atoms with Crippen LogP contribution >= 0.6 is 0 Å². The third kappa shape index (κ3) is 2.61. The topological polar surface area (TPSA) is 80.4 Å². The van der Waals surface area contributed by atoms with Gasteiger partial charge in [0, 0.05) is 20.6 Å². The molecule has 2 heterocycles. The van der Waals surface area contributed by atoms with Gasteiger partial charge in [-0.05, 0) is 6.42 Å². The lowest BCUT2D eigenvalue weighted by molar-refractivity contribution is 0.0921. The summed E-state index contributed by atoms with van der Waals surface area (Å²) in [4.78, 5) is 16.8. The zero-order valence-electron chi connectivity index (χ0n) is 11.1. The lowest BCUT2D eigenvalue weighted by Crippen LogP contribution is -2.46. The quantitative estimate of drug-likeness (QED) is 0.819. The van der Waals surface area contributed by atoms with E-state index in [4.69, 9.17) is 10.5 Å². The largest absolute Gasteiger partial charge is 0.377 e. The van der Waals surface area contributed by atoms with E-state index in [9.17, 15) is 0 Å². The van der Waals surface area contributed by atoms with Crippen molar-refractivity contribution in [1.82, 2.24) is 15.0 Å². The van der Waals surface area contributed by atoms with Gasteiger partial charge in [-0.15, -0.1) is 0 Å². The lowest BCUT2D eigenvalue weighted by atomic mass is 10.2. The van der Waals surface area contributed by atoms with Crippen molar-refractivity contribution in [3.05, 3.63) is 0 Å². The van der Waals surface area contributed by atoms with Gasteiger partial charge in [-0.1, -0.05) is 6.92 Å². The second kappa shape index (κ2) is 5.34. The third-order valence-electron chi connectivity index (χ3n) is 2.98.